The van der Waals surface area contributed by atoms with Crippen molar-refractivity contribution in [3.8, 4) is 17.1 Å². The maximum Gasteiger partial charge on any atom is 0.241 e. The van der Waals surface area contributed by atoms with Crippen LogP contribution in [0, 0.1) is 5.92 Å². The number of likely N-dealkylation sites (tertiary alicyclic amines) is 1. The van der Waals surface area contributed by atoms with Crippen LogP contribution in [0.4, 0.5) is 11.4 Å². The molecule has 1 N–H and O–H groups in total. The molecule has 9 nitrogen and oxygen atoms in total. The molecule has 1 aromatic heterocycles. The van der Waals surface area contributed by atoms with Gasteiger partial charge in [0.25, 0.3) is 0 Å². The lowest BCUT2D eigenvalue weighted by Gasteiger charge is -2.30. The summed E-state index contributed by atoms with van der Waals surface area (Å²) in [5.74, 6) is 1.99. The van der Waals surface area contributed by atoms with Gasteiger partial charge in [-0.1, -0.05) is 11.2 Å². The highest BCUT2D eigenvalue weighted by atomic mass is 16.5. The van der Waals surface area contributed by atoms with E-state index in [1.54, 1.807) is 12.0 Å². The Hall–Kier alpha value is -3.72. The van der Waals surface area contributed by atoms with Crippen molar-refractivity contribution in [1.29, 1.82) is 0 Å². The number of amides is 2. The summed E-state index contributed by atoms with van der Waals surface area (Å²) in [6.07, 6.45) is 2.98. The molecule has 2 fully saturated rings. The minimum absolute atomic E-state index is 0.0223. The van der Waals surface area contributed by atoms with Crippen LogP contribution in [-0.2, 0) is 16.1 Å². The van der Waals surface area contributed by atoms with E-state index in [1.165, 1.54) is 0 Å². The fraction of sp³-hybridized carbons (Fsp3) is 0.385. The molecule has 5 rings (SSSR count). The zero-order valence-corrected chi connectivity index (χ0v) is 19.8. The predicted molar refractivity (Wildman–Crippen MR) is 131 cm³/mol. The molecule has 0 aliphatic carbocycles. The first-order chi connectivity index (χ1) is 17.1. The quantitative estimate of drug-likeness (QED) is 0.556. The average Bonchev–Trinajstić information content (AvgIpc) is 3.53. The van der Waals surface area contributed by atoms with E-state index in [1.807, 2.05) is 48.5 Å². The SMILES string of the molecule is COc1ccc(-c2noc(CN3CCC(C(=O)Nc4cccc(N5CCCC5=O)c4)CC3)n2)cc1. The maximum absolute atomic E-state index is 12.9. The van der Waals surface area contributed by atoms with Crippen LogP contribution >= 0.6 is 0 Å². The van der Waals surface area contributed by atoms with Gasteiger partial charge in [0.05, 0.1) is 13.7 Å². The van der Waals surface area contributed by atoms with Crippen LogP contribution in [0.2, 0.25) is 0 Å². The first-order valence-electron chi connectivity index (χ1n) is 12.0. The summed E-state index contributed by atoms with van der Waals surface area (Å²) in [5, 5.41) is 7.13. The zero-order chi connectivity index (χ0) is 24.2. The highest BCUT2D eigenvalue weighted by Crippen LogP contribution is 2.26. The number of piperidine rings is 1. The maximum atomic E-state index is 12.9. The topological polar surface area (TPSA) is 101 Å². The number of nitrogens with one attached hydrogen (secondary N) is 1. The van der Waals surface area contributed by atoms with Crippen LogP contribution in [0.15, 0.2) is 53.1 Å². The van der Waals surface area contributed by atoms with Crippen molar-refractivity contribution in [2.24, 2.45) is 5.92 Å². The largest absolute Gasteiger partial charge is 0.497 e. The van der Waals surface area contributed by atoms with Gasteiger partial charge in [-0.2, -0.15) is 4.98 Å². The number of benzene rings is 2. The van der Waals surface area contributed by atoms with Crippen LogP contribution in [-0.4, -0.2) is 53.6 Å². The van der Waals surface area contributed by atoms with E-state index in [0.29, 0.717) is 24.7 Å². The van der Waals surface area contributed by atoms with Gasteiger partial charge in [-0.3, -0.25) is 14.5 Å². The number of aromatic nitrogens is 2. The minimum Gasteiger partial charge on any atom is -0.497 e. The molecule has 2 aliphatic rings. The number of methoxy groups -OCH3 is 1. The van der Waals surface area contributed by atoms with Gasteiger partial charge in [-0.15, -0.1) is 0 Å². The van der Waals surface area contributed by atoms with Gasteiger partial charge in [0.2, 0.25) is 23.5 Å². The predicted octanol–water partition coefficient (Wildman–Crippen LogP) is 3.72. The molecule has 0 unspecified atom stereocenters. The lowest BCUT2D eigenvalue weighted by Crippen LogP contribution is -2.37. The monoisotopic (exact) mass is 475 g/mol. The molecule has 0 radical (unpaired) electrons. The fourth-order valence-electron chi connectivity index (χ4n) is 4.64. The number of carbonyl (C=O) groups excluding carboxylic acids is 2. The number of nitrogens with zero attached hydrogens (tertiary/aromatic N) is 4. The number of ether oxygens (including phenoxy) is 1. The molecular weight excluding hydrogens is 446 g/mol. The number of rotatable bonds is 7. The molecule has 9 heteroatoms. The second-order valence-corrected chi connectivity index (χ2v) is 8.98. The Morgan fingerprint density at radius 1 is 1.14 bits per heavy atom. The van der Waals surface area contributed by atoms with Gasteiger partial charge in [0.1, 0.15) is 5.75 Å². The molecule has 35 heavy (non-hydrogen) atoms. The second kappa shape index (κ2) is 10.3. The van der Waals surface area contributed by atoms with Crippen molar-refractivity contribution in [2.45, 2.75) is 32.2 Å². The number of anilines is 2. The van der Waals surface area contributed by atoms with Crippen molar-refractivity contribution in [2.75, 3.05) is 37.0 Å². The summed E-state index contributed by atoms with van der Waals surface area (Å²) in [7, 11) is 1.63. The standard InChI is InChI=1S/C26H29N5O4/c1-34-22-9-7-18(8-10-22)25-28-23(35-29-25)17-30-14-11-19(12-15-30)26(33)27-20-4-2-5-21(16-20)31-13-3-6-24(31)32/h2,4-5,7-10,16,19H,3,6,11-15,17H2,1H3,(H,27,33). The summed E-state index contributed by atoms with van der Waals surface area (Å²) in [4.78, 5) is 33.4. The van der Waals surface area contributed by atoms with E-state index >= 15 is 0 Å². The molecule has 0 spiro atoms. The van der Waals surface area contributed by atoms with Crippen molar-refractivity contribution in [1.82, 2.24) is 15.0 Å². The summed E-state index contributed by atoms with van der Waals surface area (Å²) in [6, 6.07) is 15.1. The lowest BCUT2D eigenvalue weighted by molar-refractivity contribution is -0.121. The van der Waals surface area contributed by atoms with E-state index in [-0.39, 0.29) is 17.7 Å². The molecule has 2 saturated heterocycles. The Kier molecular flexibility index (Phi) is 6.76. The third-order valence-corrected chi connectivity index (χ3v) is 6.63. The van der Waals surface area contributed by atoms with Crippen LogP contribution in [0.5, 0.6) is 5.75 Å². The van der Waals surface area contributed by atoms with Gasteiger partial charge in [0.15, 0.2) is 0 Å². The average molecular weight is 476 g/mol. The molecular formula is C26H29N5O4. The molecule has 2 aromatic carbocycles. The summed E-state index contributed by atoms with van der Waals surface area (Å²) < 4.78 is 10.6. The Morgan fingerprint density at radius 2 is 1.94 bits per heavy atom. The van der Waals surface area contributed by atoms with E-state index in [4.69, 9.17) is 9.26 Å². The number of hydrogen-bond donors (Lipinski definition) is 1. The smallest absolute Gasteiger partial charge is 0.241 e. The third-order valence-electron chi connectivity index (χ3n) is 6.63. The fourth-order valence-corrected chi connectivity index (χ4v) is 4.64. The summed E-state index contributed by atoms with van der Waals surface area (Å²) >= 11 is 0. The van der Waals surface area contributed by atoms with Crippen molar-refractivity contribution < 1.29 is 18.8 Å². The van der Waals surface area contributed by atoms with Crippen molar-refractivity contribution in [3.05, 3.63) is 54.4 Å². The molecule has 3 heterocycles. The Bertz CT molecular complexity index is 1180. The van der Waals surface area contributed by atoms with Crippen LogP contribution in [0.3, 0.4) is 0 Å². The van der Waals surface area contributed by atoms with Crippen molar-refractivity contribution >= 4 is 23.2 Å². The summed E-state index contributed by atoms with van der Waals surface area (Å²) in [6.45, 7) is 2.85. The van der Waals surface area contributed by atoms with Gasteiger partial charge >= 0.3 is 0 Å². The van der Waals surface area contributed by atoms with Crippen LogP contribution < -0.4 is 15.0 Å². The molecule has 182 valence electrons. The highest BCUT2D eigenvalue weighted by Gasteiger charge is 2.27. The van der Waals surface area contributed by atoms with E-state index in [2.05, 4.69) is 20.4 Å². The van der Waals surface area contributed by atoms with Gasteiger partial charge in [-0.25, -0.2) is 0 Å². The normalized spacial score (nSPS) is 17.1. The Labute approximate surface area is 204 Å². The lowest BCUT2D eigenvalue weighted by atomic mass is 9.96. The van der Waals surface area contributed by atoms with Gasteiger partial charge < -0.3 is 19.5 Å². The second-order valence-electron chi connectivity index (χ2n) is 8.98. The van der Waals surface area contributed by atoms with Crippen molar-refractivity contribution in [3.63, 3.8) is 0 Å². The first kappa shape index (κ1) is 23.0. The van der Waals surface area contributed by atoms with E-state index < -0.39 is 0 Å². The van der Waals surface area contributed by atoms with Crippen LogP contribution in [0.25, 0.3) is 11.4 Å². The highest BCUT2D eigenvalue weighted by molar-refractivity contribution is 5.97. The summed E-state index contributed by atoms with van der Waals surface area (Å²) in [5.41, 5.74) is 2.44. The zero-order valence-electron chi connectivity index (χ0n) is 19.8. The molecule has 2 aliphatic heterocycles. The van der Waals surface area contributed by atoms with E-state index in [9.17, 15) is 9.59 Å². The number of hydrogen-bond acceptors (Lipinski definition) is 7. The first-order valence-corrected chi connectivity index (χ1v) is 12.0. The molecule has 3 aromatic rings. The minimum atomic E-state index is -0.0547. The Balaban J connectivity index is 1.12. The number of carbonyl (C=O) groups is 2. The Morgan fingerprint density at radius 3 is 2.66 bits per heavy atom. The molecule has 0 bridgehead atoms. The molecule has 2 amide bonds. The van der Waals surface area contributed by atoms with Crippen LogP contribution in [0.1, 0.15) is 31.6 Å². The van der Waals surface area contributed by atoms with Gasteiger partial charge in [0, 0.05) is 35.8 Å². The van der Waals surface area contributed by atoms with E-state index in [0.717, 1.165) is 61.6 Å². The third kappa shape index (κ3) is 5.35. The van der Waals surface area contributed by atoms with Gasteiger partial charge in [-0.05, 0) is 74.8 Å². The molecule has 0 saturated carbocycles. The molecule has 0 atom stereocenters.